The lowest BCUT2D eigenvalue weighted by Gasteiger charge is -2.13. The van der Waals surface area contributed by atoms with Crippen molar-refractivity contribution in [1.29, 1.82) is 0 Å². The number of nitrogens with one attached hydrogen (secondary N) is 2. The van der Waals surface area contributed by atoms with Crippen LogP contribution in [0.2, 0.25) is 0 Å². The summed E-state index contributed by atoms with van der Waals surface area (Å²) in [5.74, 6) is 2.61. The van der Waals surface area contributed by atoms with Gasteiger partial charge >= 0.3 is 0 Å². The van der Waals surface area contributed by atoms with Gasteiger partial charge < -0.3 is 9.32 Å². The summed E-state index contributed by atoms with van der Waals surface area (Å²) in [5, 5.41) is 17.7. The largest absolute Gasteiger partial charge is 0.460 e. The minimum Gasteiger partial charge on any atom is -0.460 e. The van der Waals surface area contributed by atoms with Gasteiger partial charge in [-0.1, -0.05) is 12.1 Å². The number of hydrogen-bond acceptors (Lipinski definition) is 7. The van der Waals surface area contributed by atoms with Crippen molar-refractivity contribution in [2.75, 3.05) is 40.0 Å². The van der Waals surface area contributed by atoms with Crippen molar-refractivity contribution in [3.05, 3.63) is 45.7 Å². The topological polar surface area (TPSA) is 83.6 Å². The molecule has 138 valence electrons. The van der Waals surface area contributed by atoms with Gasteiger partial charge in [-0.3, -0.25) is 20.7 Å². The maximum atomic E-state index is 10.5. The van der Waals surface area contributed by atoms with Gasteiger partial charge in [0, 0.05) is 29.2 Å². The van der Waals surface area contributed by atoms with E-state index in [0.717, 1.165) is 34.8 Å². The first-order valence-corrected chi connectivity index (χ1v) is 9.39. The van der Waals surface area contributed by atoms with E-state index in [1.807, 2.05) is 14.1 Å². The third-order valence-corrected chi connectivity index (χ3v) is 4.68. The van der Waals surface area contributed by atoms with Crippen LogP contribution in [-0.4, -0.2) is 56.0 Å². The molecule has 2 N–H and O–H groups in total. The summed E-state index contributed by atoms with van der Waals surface area (Å²) in [6.07, 6.45) is -0.295. The lowest BCUT2D eigenvalue weighted by molar-refractivity contribution is -0.484. The normalized spacial score (nSPS) is 12.8. The number of furan rings is 1. The molecule has 0 bridgehead atoms. The Bertz CT molecular complexity index is 690. The summed E-state index contributed by atoms with van der Waals surface area (Å²) in [7, 11) is 5.81. The van der Waals surface area contributed by atoms with Crippen LogP contribution in [0.4, 0.5) is 0 Å². The average molecular weight is 366 g/mol. The molecule has 0 aliphatic heterocycles. The molecule has 0 spiro atoms. The van der Waals surface area contributed by atoms with Crippen molar-refractivity contribution in [3.8, 4) is 0 Å². The van der Waals surface area contributed by atoms with Gasteiger partial charge in [0.2, 0.25) is 6.54 Å². The number of rotatable bonds is 11. The van der Waals surface area contributed by atoms with Crippen LogP contribution in [0, 0.1) is 10.1 Å². The van der Waals surface area contributed by atoms with E-state index in [1.165, 1.54) is 5.56 Å². The van der Waals surface area contributed by atoms with Crippen LogP contribution < -0.4 is 10.6 Å². The number of nitrogens with zero attached hydrogens (tertiary/aromatic N) is 2. The second kappa shape index (κ2) is 9.76. The molecular formula is C17H26N4O3S. The van der Waals surface area contributed by atoms with Crippen molar-refractivity contribution >= 4 is 22.7 Å². The van der Waals surface area contributed by atoms with E-state index in [0.29, 0.717) is 6.54 Å². The summed E-state index contributed by atoms with van der Waals surface area (Å²) < 4.78 is 5.93. The number of thioether (sulfide) groups is 1. The molecule has 1 aromatic carbocycles. The molecule has 1 aromatic heterocycles. The van der Waals surface area contributed by atoms with Crippen LogP contribution in [-0.2, 0) is 12.3 Å². The molecule has 0 aliphatic carbocycles. The zero-order chi connectivity index (χ0) is 18.2. The van der Waals surface area contributed by atoms with Gasteiger partial charge in [-0.15, -0.1) is 0 Å². The summed E-state index contributed by atoms with van der Waals surface area (Å²) >= 11 is 1.75. The highest BCUT2D eigenvalue weighted by atomic mass is 32.2. The van der Waals surface area contributed by atoms with Crippen molar-refractivity contribution in [2.45, 2.75) is 18.5 Å². The van der Waals surface area contributed by atoms with Crippen LogP contribution >= 0.6 is 11.8 Å². The maximum absolute atomic E-state index is 10.5. The van der Waals surface area contributed by atoms with Crippen LogP contribution in [0.3, 0.4) is 0 Å². The van der Waals surface area contributed by atoms with Gasteiger partial charge in [0.15, 0.2) is 0 Å². The van der Waals surface area contributed by atoms with Crippen LogP contribution in [0.25, 0.3) is 11.0 Å². The van der Waals surface area contributed by atoms with Gasteiger partial charge in [0.1, 0.15) is 17.5 Å². The summed E-state index contributed by atoms with van der Waals surface area (Å²) in [4.78, 5) is 12.3. The summed E-state index contributed by atoms with van der Waals surface area (Å²) in [6.45, 7) is 1.47. The zero-order valence-corrected chi connectivity index (χ0v) is 15.8. The number of hydrogen-bond donors (Lipinski definition) is 2. The highest BCUT2D eigenvalue weighted by Gasteiger charge is 2.11. The molecule has 1 atom stereocenters. The summed E-state index contributed by atoms with van der Waals surface area (Å²) in [5.41, 5.74) is 2.16. The van der Waals surface area contributed by atoms with E-state index in [9.17, 15) is 10.1 Å². The Morgan fingerprint density at radius 1 is 1.36 bits per heavy atom. The molecule has 0 saturated heterocycles. The van der Waals surface area contributed by atoms with Crippen molar-refractivity contribution < 1.29 is 9.34 Å². The Morgan fingerprint density at radius 3 is 2.84 bits per heavy atom. The molecule has 0 amide bonds. The van der Waals surface area contributed by atoms with Gasteiger partial charge in [0.25, 0.3) is 0 Å². The van der Waals surface area contributed by atoms with Gasteiger partial charge in [-0.05, 0) is 38.8 Å². The van der Waals surface area contributed by atoms with Gasteiger partial charge in [-0.25, -0.2) is 0 Å². The fraction of sp³-hybridized carbons (Fsp3) is 0.529. The van der Waals surface area contributed by atoms with Crippen molar-refractivity contribution in [2.24, 2.45) is 0 Å². The number of nitro groups is 1. The highest BCUT2D eigenvalue weighted by Crippen LogP contribution is 2.24. The van der Waals surface area contributed by atoms with Gasteiger partial charge in [-0.2, -0.15) is 11.8 Å². The second-order valence-corrected chi connectivity index (χ2v) is 7.29. The molecule has 8 heteroatoms. The van der Waals surface area contributed by atoms with Crippen molar-refractivity contribution in [3.63, 3.8) is 0 Å². The predicted molar refractivity (Wildman–Crippen MR) is 102 cm³/mol. The number of benzene rings is 1. The quantitative estimate of drug-likeness (QED) is 0.273. The molecule has 1 unspecified atom stereocenters. The van der Waals surface area contributed by atoms with Crippen LogP contribution in [0.15, 0.2) is 28.7 Å². The highest BCUT2D eigenvalue weighted by molar-refractivity contribution is 7.98. The smallest absolute Gasteiger partial charge is 0.231 e. The van der Waals surface area contributed by atoms with Crippen molar-refractivity contribution in [1.82, 2.24) is 15.5 Å². The van der Waals surface area contributed by atoms with Gasteiger partial charge in [0.05, 0.1) is 5.75 Å². The minimum absolute atomic E-state index is 0.125. The average Bonchev–Trinajstić information content (AvgIpc) is 2.94. The molecule has 2 rings (SSSR count). The van der Waals surface area contributed by atoms with E-state index >= 15 is 0 Å². The lowest BCUT2D eigenvalue weighted by Crippen LogP contribution is -2.46. The molecule has 0 radical (unpaired) electrons. The molecule has 0 saturated carbocycles. The zero-order valence-electron chi connectivity index (χ0n) is 14.9. The first kappa shape index (κ1) is 19.7. The summed E-state index contributed by atoms with van der Waals surface area (Å²) in [6, 6.07) is 8.41. The molecule has 25 heavy (non-hydrogen) atoms. The third kappa shape index (κ3) is 6.66. The van der Waals surface area contributed by atoms with E-state index in [1.54, 1.807) is 18.8 Å². The standard InChI is InChI=1S/C17H26N4O3S/c1-18-17(11-21(22)23)19-6-7-25-12-15-9-14-5-4-13(10-20(2)3)8-16(14)24-15/h4-5,8-9,17-19H,6-7,10-12H2,1-3H3. The Kier molecular flexibility index (Phi) is 7.70. The first-order chi connectivity index (χ1) is 12.0. The Hall–Kier alpha value is -1.61. The second-order valence-electron chi connectivity index (χ2n) is 6.19. The third-order valence-electron chi connectivity index (χ3n) is 3.70. The van der Waals surface area contributed by atoms with E-state index in [-0.39, 0.29) is 17.6 Å². The van der Waals surface area contributed by atoms with Crippen LogP contribution in [0.5, 0.6) is 0 Å². The maximum Gasteiger partial charge on any atom is 0.231 e. The molecular weight excluding hydrogens is 340 g/mol. The fourth-order valence-electron chi connectivity index (χ4n) is 2.55. The molecule has 0 fully saturated rings. The molecule has 1 heterocycles. The monoisotopic (exact) mass is 366 g/mol. The Balaban J connectivity index is 1.78. The van der Waals surface area contributed by atoms with E-state index in [2.05, 4.69) is 39.8 Å². The number of likely N-dealkylation sites (N-methyl/N-ethyl adjacent to an activating group) is 1. The predicted octanol–water partition coefficient (Wildman–Crippen LogP) is 2.14. The van der Waals surface area contributed by atoms with E-state index in [4.69, 9.17) is 4.42 Å². The number of fused-ring (bicyclic) bond motifs is 1. The fourth-order valence-corrected chi connectivity index (χ4v) is 3.30. The van der Waals surface area contributed by atoms with Crippen LogP contribution in [0.1, 0.15) is 11.3 Å². The van der Waals surface area contributed by atoms with E-state index < -0.39 is 0 Å². The molecule has 7 nitrogen and oxygen atoms in total. The first-order valence-electron chi connectivity index (χ1n) is 8.24. The lowest BCUT2D eigenvalue weighted by atomic mass is 10.1. The molecule has 0 aliphatic rings. The SMILES string of the molecule is CNC(C[N+](=O)[O-])NCCSCc1cc2ccc(CN(C)C)cc2o1. The molecule has 2 aromatic rings. The minimum atomic E-state index is -0.319. The Morgan fingerprint density at radius 2 is 2.16 bits per heavy atom. The Labute approximate surface area is 152 Å².